The van der Waals surface area contributed by atoms with Crippen LogP contribution >= 0.6 is 0 Å². The van der Waals surface area contributed by atoms with E-state index in [1.54, 1.807) is 17.0 Å². The Labute approximate surface area is 120 Å². The molecule has 0 bridgehead atoms. The van der Waals surface area contributed by atoms with Gasteiger partial charge >= 0.3 is 0 Å². The Morgan fingerprint density at radius 3 is 2.55 bits per heavy atom. The molecule has 1 aromatic heterocycles. The van der Waals surface area contributed by atoms with Gasteiger partial charge in [0.2, 0.25) is 0 Å². The number of nitrogens with two attached hydrogens (primary N) is 1. The standard InChI is InChI=1S/C15H26N4O/c1-11(2)10-19-9-6-17-14(15(19)20)18-7-4-13(5-8-18)12(3)16/h6,9,11-13H,4-5,7-8,10,16H2,1-3H3. The van der Waals surface area contributed by atoms with Crippen molar-refractivity contribution in [2.24, 2.45) is 17.6 Å². The molecule has 0 saturated carbocycles. The van der Waals surface area contributed by atoms with Crippen molar-refractivity contribution in [2.45, 2.75) is 46.2 Å². The third kappa shape index (κ3) is 3.39. The summed E-state index contributed by atoms with van der Waals surface area (Å²) in [6, 6.07) is 0.235. The van der Waals surface area contributed by atoms with Crippen LogP contribution in [0.2, 0.25) is 0 Å². The van der Waals surface area contributed by atoms with Crippen LogP contribution < -0.4 is 16.2 Å². The quantitative estimate of drug-likeness (QED) is 0.905. The van der Waals surface area contributed by atoms with Gasteiger partial charge in [0.15, 0.2) is 5.82 Å². The molecule has 1 aliphatic heterocycles. The molecule has 1 unspecified atom stereocenters. The number of nitrogens with zero attached hydrogens (tertiary/aromatic N) is 3. The second-order valence-corrected chi connectivity index (χ2v) is 6.29. The Bertz CT molecular complexity index is 487. The highest BCUT2D eigenvalue weighted by Crippen LogP contribution is 2.21. The fourth-order valence-electron chi connectivity index (χ4n) is 2.83. The van der Waals surface area contributed by atoms with Crippen LogP contribution in [-0.2, 0) is 6.54 Å². The van der Waals surface area contributed by atoms with Gasteiger partial charge in [0, 0.05) is 38.1 Å². The van der Waals surface area contributed by atoms with Crippen LogP contribution in [0.25, 0.3) is 0 Å². The van der Waals surface area contributed by atoms with Gasteiger partial charge in [-0.05, 0) is 31.6 Å². The van der Waals surface area contributed by atoms with Crippen LogP contribution in [0.5, 0.6) is 0 Å². The fraction of sp³-hybridized carbons (Fsp3) is 0.733. The number of piperidine rings is 1. The van der Waals surface area contributed by atoms with Gasteiger partial charge in [-0.2, -0.15) is 0 Å². The lowest BCUT2D eigenvalue weighted by atomic mass is 9.91. The van der Waals surface area contributed by atoms with Gasteiger partial charge in [-0.15, -0.1) is 0 Å². The van der Waals surface area contributed by atoms with Gasteiger partial charge in [0.05, 0.1) is 0 Å². The summed E-state index contributed by atoms with van der Waals surface area (Å²) in [5.74, 6) is 1.61. The number of aromatic nitrogens is 2. The third-order valence-corrected chi connectivity index (χ3v) is 4.04. The van der Waals surface area contributed by atoms with E-state index < -0.39 is 0 Å². The molecule has 5 nitrogen and oxygen atoms in total. The van der Waals surface area contributed by atoms with Crippen molar-refractivity contribution >= 4 is 5.82 Å². The summed E-state index contributed by atoms with van der Waals surface area (Å²) in [7, 11) is 0. The molecule has 2 rings (SSSR count). The fourth-order valence-corrected chi connectivity index (χ4v) is 2.83. The molecule has 0 aliphatic carbocycles. The highest BCUT2D eigenvalue weighted by Gasteiger charge is 2.24. The third-order valence-electron chi connectivity index (χ3n) is 4.04. The Morgan fingerprint density at radius 2 is 2.00 bits per heavy atom. The summed E-state index contributed by atoms with van der Waals surface area (Å²) in [5.41, 5.74) is 5.99. The summed E-state index contributed by atoms with van der Waals surface area (Å²) in [4.78, 5) is 18.9. The predicted octanol–water partition coefficient (Wildman–Crippen LogP) is 1.46. The second kappa shape index (κ2) is 6.39. The molecule has 0 aromatic carbocycles. The van der Waals surface area contributed by atoms with Crippen molar-refractivity contribution in [1.82, 2.24) is 9.55 Å². The van der Waals surface area contributed by atoms with Crippen molar-refractivity contribution in [3.8, 4) is 0 Å². The molecule has 1 saturated heterocycles. The average Bonchev–Trinajstić information content (AvgIpc) is 2.41. The monoisotopic (exact) mass is 278 g/mol. The number of hydrogen-bond donors (Lipinski definition) is 1. The molecule has 20 heavy (non-hydrogen) atoms. The molecule has 112 valence electrons. The Hall–Kier alpha value is -1.36. The van der Waals surface area contributed by atoms with Crippen molar-refractivity contribution < 1.29 is 0 Å². The van der Waals surface area contributed by atoms with E-state index in [9.17, 15) is 4.79 Å². The normalized spacial score (nSPS) is 18.6. The minimum atomic E-state index is 0.0282. The number of hydrogen-bond acceptors (Lipinski definition) is 4. The van der Waals surface area contributed by atoms with E-state index in [4.69, 9.17) is 5.73 Å². The topological polar surface area (TPSA) is 64.2 Å². The first-order valence-electron chi connectivity index (χ1n) is 7.55. The number of anilines is 1. The molecule has 2 heterocycles. The molecular weight excluding hydrogens is 252 g/mol. The molecule has 1 fully saturated rings. The maximum absolute atomic E-state index is 12.5. The zero-order chi connectivity index (χ0) is 14.7. The molecule has 2 N–H and O–H groups in total. The highest BCUT2D eigenvalue weighted by molar-refractivity contribution is 5.36. The van der Waals surface area contributed by atoms with Crippen LogP contribution in [0.3, 0.4) is 0 Å². The van der Waals surface area contributed by atoms with E-state index >= 15 is 0 Å². The molecule has 1 atom stereocenters. The van der Waals surface area contributed by atoms with Crippen molar-refractivity contribution in [2.75, 3.05) is 18.0 Å². The highest BCUT2D eigenvalue weighted by atomic mass is 16.1. The minimum Gasteiger partial charge on any atom is -0.352 e. The SMILES string of the molecule is CC(C)Cn1ccnc(N2CCC(C(C)N)CC2)c1=O. The Balaban J connectivity index is 2.12. The van der Waals surface area contributed by atoms with Crippen LogP contribution in [0, 0.1) is 11.8 Å². The van der Waals surface area contributed by atoms with Crippen molar-refractivity contribution in [3.63, 3.8) is 0 Å². The first-order valence-corrected chi connectivity index (χ1v) is 7.55. The number of rotatable bonds is 4. The van der Waals surface area contributed by atoms with Crippen LogP contribution in [0.1, 0.15) is 33.6 Å². The van der Waals surface area contributed by atoms with Crippen molar-refractivity contribution in [3.05, 3.63) is 22.7 Å². The van der Waals surface area contributed by atoms with E-state index in [0.717, 1.165) is 32.5 Å². The van der Waals surface area contributed by atoms with Crippen LogP contribution in [0.15, 0.2) is 17.2 Å². The minimum absolute atomic E-state index is 0.0282. The smallest absolute Gasteiger partial charge is 0.293 e. The second-order valence-electron chi connectivity index (χ2n) is 6.29. The van der Waals surface area contributed by atoms with Gasteiger partial charge in [-0.3, -0.25) is 4.79 Å². The van der Waals surface area contributed by atoms with E-state index in [1.165, 1.54) is 0 Å². The molecule has 0 radical (unpaired) electrons. The first-order chi connectivity index (χ1) is 9.49. The van der Waals surface area contributed by atoms with E-state index in [-0.39, 0.29) is 11.6 Å². The average molecular weight is 278 g/mol. The Morgan fingerprint density at radius 1 is 1.35 bits per heavy atom. The van der Waals surface area contributed by atoms with Gasteiger partial charge in [-0.1, -0.05) is 13.8 Å². The molecule has 1 aromatic rings. The maximum Gasteiger partial charge on any atom is 0.293 e. The summed E-state index contributed by atoms with van der Waals surface area (Å²) < 4.78 is 1.77. The zero-order valence-corrected chi connectivity index (χ0v) is 12.7. The molecular formula is C15H26N4O. The van der Waals surface area contributed by atoms with Gasteiger partial charge < -0.3 is 15.2 Å². The first kappa shape index (κ1) is 15.0. The lowest BCUT2D eigenvalue weighted by Crippen LogP contribution is -2.42. The van der Waals surface area contributed by atoms with Gasteiger partial charge in [-0.25, -0.2) is 4.98 Å². The lowest BCUT2D eigenvalue weighted by molar-refractivity contribution is 0.352. The van der Waals surface area contributed by atoms with Crippen molar-refractivity contribution in [1.29, 1.82) is 0 Å². The van der Waals surface area contributed by atoms with Crippen LogP contribution in [0.4, 0.5) is 5.82 Å². The van der Waals surface area contributed by atoms with E-state index in [1.807, 2.05) is 0 Å². The lowest BCUT2D eigenvalue weighted by Gasteiger charge is -2.34. The van der Waals surface area contributed by atoms with Crippen LogP contribution in [-0.4, -0.2) is 28.7 Å². The largest absolute Gasteiger partial charge is 0.352 e. The zero-order valence-electron chi connectivity index (χ0n) is 12.7. The van der Waals surface area contributed by atoms with E-state index in [0.29, 0.717) is 17.7 Å². The predicted molar refractivity (Wildman–Crippen MR) is 81.9 cm³/mol. The summed E-state index contributed by atoms with van der Waals surface area (Å²) >= 11 is 0. The summed E-state index contributed by atoms with van der Waals surface area (Å²) in [6.45, 7) is 8.78. The molecule has 5 heteroatoms. The summed E-state index contributed by atoms with van der Waals surface area (Å²) in [6.07, 6.45) is 5.59. The van der Waals surface area contributed by atoms with Gasteiger partial charge in [0.1, 0.15) is 0 Å². The molecule has 0 spiro atoms. The van der Waals surface area contributed by atoms with E-state index in [2.05, 4.69) is 30.7 Å². The molecule has 0 amide bonds. The maximum atomic E-state index is 12.5. The molecule has 1 aliphatic rings. The Kier molecular flexibility index (Phi) is 4.81. The van der Waals surface area contributed by atoms with Gasteiger partial charge in [0.25, 0.3) is 5.56 Å². The summed E-state index contributed by atoms with van der Waals surface area (Å²) in [5, 5.41) is 0.